The number of nitrogens with zero attached hydrogens (tertiary/aromatic N) is 4. The molecule has 4 atom stereocenters. The first-order valence-electron chi connectivity index (χ1n) is 18.8. The molecule has 4 N–H and O–H groups in total. The average Bonchev–Trinajstić information content (AvgIpc) is 3.49. The summed E-state index contributed by atoms with van der Waals surface area (Å²) in [6, 6.07) is 4.62. The molecule has 4 aliphatic rings. The number of pyridine rings is 2. The van der Waals surface area contributed by atoms with Crippen LogP contribution in [-0.2, 0) is 13.1 Å². The van der Waals surface area contributed by atoms with Gasteiger partial charge in [-0.1, -0.05) is 12.1 Å². The van der Waals surface area contributed by atoms with E-state index in [0.717, 1.165) is 36.7 Å². The molecule has 4 aliphatic heterocycles. The predicted molar refractivity (Wildman–Crippen MR) is 198 cm³/mol. The van der Waals surface area contributed by atoms with Crippen LogP contribution >= 0.6 is 0 Å². The number of fused-ring (bicyclic) bond motifs is 8. The maximum Gasteiger partial charge on any atom is 0.274 e. The van der Waals surface area contributed by atoms with E-state index in [1.165, 1.54) is 18.9 Å². The van der Waals surface area contributed by atoms with Gasteiger partial charge >= 0.3 is 0 Å². The smallest absolute Gasteiger partial charge is 0.274 e. The monoisotopic (exact) mass is 842 g/mol. The van der Waals surface area contributed by atoms with E-state index in [-0.39, 0.29) is 87.5 Å². The molecule has 0 aliphatic carbocycles. The van der Waals surface area contributed by atoms with Gasteiger partial charge in [0.1, 0.15) is 46.7 Å². The van der Waals surface area contributed by atoms with E-state index in [1.54, 1.807) is 0 Å². The van der Waals surface area contributed by atoms with Crippen LogP contribution in [-0.4, -0.2) is 91.3 Å². The maximum atomic E-state index is 14.1. The van der Waals surface area contributed by atoms with Gasteiger partial charge in [-0.15, -0.1) is 0 Å². The number of benzene rings is 2. The second-order valence-electron chi connectivity index (χ2n) is 14.8. The third-order valence-corrected chi connectivity index (χ3v) is 10.9. The number of aromatic hydroxyl groups is 2. The van der Waals surface area contributed by atoms with Crippen LogP contribution in [0.3, 0.4) is 0 Å². The summed E-state index contributed by atoms with van der Waals surface area (Å²) in [5, 5.41) is 25.4. The number of carbonyl (C=O) groups excluding carboxylic acids is 4. The number of nitrogens with one attached hydrogen (secondary N) is 2. The van der Waals surface area contributed by atoms with Crippen molar-refractivity contribution < 1.29 is 55.7 Å². The first-order valence-corrected chi connectivity index (χ1v) is 18.8. The summed E-state index contributed by atoms with van der Waals surface area (Å²) in [5.41, 5.74) is -3.56. The third kappa shape index (κ3) is 8.04. The van der Waals surface area contributed by atoms with Gasteiger partial charge in [0.25, 0.3) is 23.6 Å². The van der Waals surface area contributed by atoms with Crippen LogP contribution in [0.25, 0.3) is 0 Å². The van der Waals surface area contributed by atoms with E-state index in [9.17, 15) is 65.3 Å². The van der Waals surface area contributed by atoms with E-state index in [0.29, 0.717) is 12.1 Å². The quantitative estimate of drug-likeness (QED) is 0.212. The van der Waals surface area contributed by atoms with Crippen LogP contribution in [0.1, 0.15) is 90.6 Å². The van der Waals surface area contributed by atoms with Gasteiger partial charge in [-0.2, -0.15) is 0 Å². The molecule has 4 amide bonds. The molecule has 6 heterocycles. The zero-order chi connectivity index (χ0) is 43.2. The minimum atomic E-state index is -1.17. The molecule has 4 aromatic rings. The fraction of sp³-hybridized carbons (Fsp3) is 0.350. The van der Waals surface area contributed by atoms with E-state index in [2.05, 4.69) is 10.6 Å². The first kappa shape index (κ1) is 41.6. The largest absolute Gasteiger partial charge is 0.503 e. The lowest BCUT2D eigenvalue weighted by Crippen LogP contribution is -2.44. The third-order valence-electron chi connectivity index (χ3n) is 10.9. The molecule has 20 heteroatoms. The van der Waals surface area contributed by atoms with Crippen molar-refractivity contribution in [2.75, 3.05) is 26.2 Å². The highest BCUT2D eigenvalue weighted by molar-refractivity contribution is 6.00. The van der Waals surface area contributed by atoms with Crippen molar-refractivity contribution in [2.45, 2.75) is 63.2 Å². The van der Waals surface area contributed by atoms with Crippen molar-refractivity contribution >= 4 is 23.6 Å². The molecular formula is C40H36F6N6O8. The Morgan fingerprint density at radius 2 is 1.02 bits per heavy atom. The van der Waals surface area contributed by atoms with Gasteiger partial charge in [0, 0.05) is 87.8 Å². The van der Waals surface area contributed by atoms with Gasteiger partial charge in [-0.3, -0.25) is 28.8 Å². The van der Waals surface area contributed by atoms with E-state index in [4.69, 9.17) is 0 Å². The molecule has 0 saturated carbocycles. The molecule has 8 rings (SSSR count). The zero-order valence-electron chi connectivity index (χ0n) is 31.4. The van der Waals surface area contributed by atoms with Gasteiger partial charge in [0.2, 0.25) is 10.9 Å². The number of rotatable bonds is 6. The molecule has 4 bridgehead atoms. The summed E-state index contributed by atoms with van der Waals surface area (Å²) < 4.78 is 84.3. The summed E-state index contributed by atoms with van der Waals surface area (Å²) in [4.78, 5) is 78.2. The van der Waals surface area contributed by atoms with Crippen molar-refractivity contribution in [1.82, 2.24) is 29.6 Å². The Bertz CT molecular complexity index is 2380. The van der Waals surface area contributed by atoms with Crippen LogP contribution < -0.4 is 21.5 Å². The van der Waals surface area contributed by atoms with Crippen LogP contribution in [0, 0.1) is 23.3 Å². The SMILES string of the molecule is O=C(NCc1ccc(F)cc1F)c1cn2c(c(O)c1=O)C(=O)N1CCC(F)C[C@@H]2C1.O=C(NCc1ccc(F)cc1F)c1cn2c(c(O)c1=O)C(=O)N1CCC(F)C[C@@H]2C1. The van der Waals surface area contributed by atoms with Crippen molar-refractivity contribution in [3.8, 4) is 11.5 Å². The highest BCUT2D eigenvalue weighted by Crippen LogP contribution is 2.34. The van der Waals surface area contributed by atoms with Crippen molar-refractivity contribution in [3.05, 3.63) is 126 Å². The van der Waals surface area contributed by atoms with Gasteiger partial charge in [-0.05, 0) is 25.0 Å². The Morgan fingerprint density at radius 3 is 1.38 bits per heavy atom. The maximum absolute atomic E-state index is 14.1. The van der Waals surface area contributed by atoms with E-state index < -0.39 is 105 Å². The summed E-state index contributed by atoms with van der Waals surface area (Å²) in [7, 11) is 0. The average molecular weight is 843 g/mol. The van der Waals surface area contributed by atoms with Crippen LogP contribution in [0.2, 0.25) is 0 Å². The van der Waals surface area contributed by atoms with Crippen molar-refractivity contribution in [3.63, 3.8) is 0 Å². The first-order chi connectivity index (χ1) is 28.5. The summed E-state index contributed by atoms with van der Waals surface area (Å²) in [6.45, 7) is 0.114. The van der Waals surface area contributed by atoms with Gasteiger partial charge in [0.05, 0.1) is 12.1 Å². The highest BCUT2D eigenvalue weighted by atomic mass is 19.2. The summed E-state index contributed by atoms with van der Waals surface area (Å²) in [5.74, 6) is -8.05. The Hall–Kier alpha value is -6.60. The van der Waals surface area contributed by atoms with E-state index in [1.807, 2.05) is 0 Å². The van der Waals surface area contributed by atoms with Crippen LogP contribution in [0.15, 0.2) is 58.4 Å². The summed E-state index contributed by atoms with van der Waals surface area (Å²) in [6.07, 6.45) is 0.369. The second kappa shape index (κ2) is 16.6. The van der Waals surface area contributed by atoms with Crippen molar-refractivity contribution in [2.24, 2.45) is 0 Å². The zero-order valence-corrected chi connectivity index (χ0v) is 31.4. The molecule has 0 spiro atoms. The Morgan fingerprint density at radius 1 is 0.633 bits per heavy atom. The van der Waals surface area contributed by atoms with Crippen molar-refractivity contribution in [1.29, 1.82) is 0 Å². The van der Waals surface area contributed by atoms with Gasteiger partial charge < -0.3 is 39.8 Å². The molecule has 2 aromatic heterocycles. The molecule has 2 aromatic carbocycles. The standard InChI is InChI=1S/2C20H18F3N3O4/c2*21-11-2-1-10(15(23)6-11)7-24-19(29)14-9-26-13-5-12(22)3-4-25(8-13)20(30)16(26)18(28)17(14)27/h2*1-2,6,9,12-13,28H,3-5,7-8H2,(H,24,29)/t2*12?,13-/m11/s1. The number of carbonyl (C=O) groups is 4. The van der Waals surface area contributed by atoms with Gasteiger partial charge in [-0.25, -0.2) is 26.3 Å². The molecule has 60 heavy (non-hydrogen) atoms. The lowest BCUT2D eigenvalue weighted by atomic mass is 10.0. The minimum absolute atomic E-state index is 0.00175. The lowest BCUT2D eigenvalue weighted by molar-refractivity contribution is 0.0670. The minimum Gasteiger partial charge on any atom is -0.503 e. The fourth-order valence-corrected chi connectivity index (χ4v) is 7.76. The summed E-state index contributed by atoms with van der Waals surface area (Å²) >= 11 is 0. The molecule has 316 valence electrons. The number of hydrogen-bond acceptors (Lipinski definition) is 8. The topological polar surface area (TPSA) is 183 Å². The normalized spacial score (nSPS) is 20.5. The number of alkyl halides is 2. The lowest BCUT2D eigenvalue weighted by Gasteiger charge is -2.34. The fourth-order valence-electron chi connectivity index (χ4n) is 7.76. The Kier molecular flexibility index (Phi) is 11.5. The number of halogens is 6. The molecular weight excluding hydrogens is 806 g/mol. The predicted octanol–water partition coefficient (Wildman–Crippen LogP) is 3.78. The van der Waals surface area contributed by atoms with E-state index >= 15 is 0 Å². The highest BCUT2D eigenvalue weighted by Gasteiger charge is 2.40. The molecule has 14 nitrogen and oxygen atoms in total. The number of amides is 4. The second-order valence-corrected chi connectivity index (χ2v) is 14.8. The molecule has 2 saturated heterocycles. The van der Waals surface area contributed by atoms with Crippen LogP contribution in [0.5, 0.6) is 11.5 Å². The van der Waals surface area contributed by atoms with Crippen LogP contribution in [0.4, 0.5) is 26.3 Å². The van der Waals surface area contributed by atoms with Gasteiger partial charge in [0.15, 0.2) is 22.9 Å². The molecule has 0 radical (unpaired) electrons. The molecule has 2 unspecified atom stereocenters. The number of aromatic nitrogens is 2. The number of hydrogen-bond donors (Lipinski definition) is 4. The Labute approximate surface area is 335 Å². The molecule has 2 fully saturated rings. The Balaban J connectivity index is 0.000000181.